The van der Waals surface area contributed by atoms with Crippen molar-refractivity contribution >= 4 is 17.8 Å². The van der Waals surface area contributed by atoms with Gasteiger partial charge in [0.2, 0.25) is 17.8 Å². The molecule has 0 radical (unpaired) electrons. The molecular weight excluding hydrogens is 254 g/mol. The molecule has 0 aliphatic heterocycles. The van der Waals surface area contributed by atoms with Gasteiger partial charge in [0.1, 0.15) is 0 Å². The highest BCUT2D eigenvalue weighted by Gasteiger charge is 2.21. The summed E-state index contributed by atoms with van der Waals surface area (Å²) in [4.78, 5) is 14.7. The molecule has 1 heterocycles. The third-order valence-corrected chi connectivity index (χ3v) is 3.96. The molecule has 4 N–H and O–H groups in total. The van der Waals surface area contributed by atoms with Crippen LogP contribution < -0.4 is 21.5 Å². The number of nitrogens with two attached hydrogens (primary N) is 1. The summed E-state index contributed by atoms with van der Waals surface area (Å²) in [5, 5.41) is 3.33. The molecule has 0 saturated heterocycles. The van der Waals surface area contributed by atoms with E-state index in [0.29, 0.717) is 23.8 Å². The molecule has 1 fully saturated rings. The smallest absolute Gasteiger partial charge is 0.243 e. The van der Waals surface area contributed by atoms with E-state index in [4.69, 9.17) is 5.84 Å². The third-order valence-electron chi connectivity index (χ3n) is 3.96. The third kappa shape index (κ3) is 3.69. The van der Waals surface area contributed by atoms with Crippen LogP contribution in [-0.4, -0.2) is 35.6 Å². The van der Waals surface area contributed by atoms with Crippen molar-refractivity contribution in [3.63, 3.8) is 0 Å². The Hall–Kier alpha value is -1.63. The molecule has 0 amide bonds. The maximum atomic E-state index is 5.40. The van der Waals surface area contributed by atoms with Gasteiger partial charge in [0.25, 0.3) is 0 Å². The van der Waals surface area contributed by atoms with E-state index in [1.165, 1.54) is 25.7 Å². The molecular formula is C13H25N7. The monoisotopic (exact) mass is 279 g/mol. The van der Waals surface area contributed by atoms with E-state index in [-0.39, 0.29) is 0 Å². The van der Waals surface area contributed by atoms with Gasteiger partial charge < -0.3 is 10.2 Å². The summed E-state index contributed by atoms with van der Waals surface area (Å²) in [5.74, 6) is 8.40. The van der Waals surface area contributed by atoms with Gasteiger partial charge >= 0.3 is 0 Å². The van der Waals surface area contributed by atoms with Crippen LogP contribution in [0.3, 0.4) is 0 Å². The van der Waals surface area contributed by atoms with Crippen LogP contribution in [0.4, 0.5) is 17.8 Å². The molecule has 0 bridgehead atoms. The number of anilines is 3. The normalized spacial score (nSPS) is 22.4. The lowest BCUT2D eigenvalue weighted by Crippen LogP contribution is -2.26. The van der Waals surface area contributed by atoms with Crippen LogP contribution in [0.15, 0.2) is 0 Å². The SMILES string of the molecule is CC1CCCCC1CNc1nc(NN)nc(N(C)C)n1. The number of hydrazine groups is 1. The predicted octanol–water partition coefficient (Wildman–Crippen LogP) is 1.46. The van der Waals surface area contributed by atoms with E-state index in [1.807, 2.05) is 19.0 Å². The Labute approximate surface area is 120 Å². The lowest BCUT2D eigenvalue weighted by atomic mass is 9.80. The topological polar surface area (TPSA) is 92.0 Å². The molecule has 0 aromatic carbocycles. The van der Waals surface area contributed by atoms with Gasteiger partial charge in [-0.1, -0.05) is 26.2 Å². The summed E-state index contributed by atoms with van der Waals surface area (Å²) >= 11 is 0. The maximum Gasteiger partial charge on any atom is 0.243 e. The van der Waals surface area contributed by atoms with Crippen molar-refractivity contribution < 1.29 is 0 Å². The predicted molar refractivity (Wildman–Crippen MR) is 81.6 cm³/mol. The highest BCUT2D eigenvalue weighted by Crippen LogP contribution is 2.29. The summed E-state index contributed by atoms with van der Waals surface area (Å²) in [6.07, 6.45) is 5.28. The van der Waals surface area contributed by atoms with Gasteiger partial charge in [-0.05, 0) is 18.3 Å². The molecule has 2 atom stereocenters. The van der Waals surface area contributed by atoms with E-state index < -0.39 is 0 Å². The molecule has 7 heteroatoms. The van der Waals surface area contributed by atoms with E-state index >= 15 is 0 Å². The van der Waals surface area contributed by atoms with Gasteiger partial charge in [-0.25, -0.2) is 5.84 Å². The second-order valence-electron chi connectivity index (χ2n) is 5.72. The van der Waals surface area contributed by atoms with Gasteiger partial charge in [0.15, 0.2) is 0 Å². The summed E-state index contributed by atoms with van der Waals surface area (Å²) in [7, 11) is 3.78. The average molecular weight is 279 g/mol. The fourth-order valence-corrected chi connectivity index (χ4v) is 2.63. The molecule has 1 aliphatic rings. The Morgan fingerprint density at radius 3 is 2.50 bits per heavy atom. The zero-order chi connectivity index (χ0) is 14.5. The highest BCUT2D eigenvalue weighted by molar-refractivity contribution is 5.42. The number of aromatic nitrogens is 3. The molecule has 1 aromatic rings. The summed E-state index contributed by atoms with van der Waals surface area (Å²) < 4.78 is 0. The zero-order valence-electron chi connectivity index (χ0n) is 12.6. The van der Waals surface area contributed by atoms with Crippen molar-refractivity contribution in [3.05, 3.63) is 0 Å². The molecule has 112 valence electrons. The second kappa shape index (κ2) is 6.69. The van der Waals surface area contributed by atoms with Crippen molar-refractivity contribution in [2.75, 3.05) is 36.3 Å². The Morgan fingerprint density at radius 1 is 1.15 bits per heavy atom. The minimum absolute atomic E-state index is 0.378. The lowest BCUT2D eigenvalue weighted by Gasteiger charge is -2.28. The number of hydrogen-bond donors (Lipinski definition) is 3. The van der Waals surface area contributed by atoms with Crippen LogP contribution in [0.25, 0.3) is 0 Å². The van der Waals surface area contributed by atoms with Gasteiger partial charge in [-0.15, -0.1) is 0 Å². The Kier molecular flexibility index (Phi) is 4.94. The highest BCUT2D eigenvalue weighted by atomic mass is 15.4. The Bertz CT molecular complexity index is 435. The van der Waals surface area contributed by atoms with Crippen LogP contribution in [-0.2, 0) is 0 Å². The van der Waals surface area contributed by atoms with Crippen molar-refractivity contribution in [3.8, 4) is 0 Å². The number of rotatable bonds is 5. The average Bonchev–Trinajstić information content (AvgIpc) is 2.46. The van der Waals surface area contributed by atoms with Crippen molar-refractivity contribution in [2.24, 2.45) is 17.7 Å². The molecule has 2 unspecified atom stereocenters. The van der Waals surface area contributed by atoms with Gasteiger partial charge in [-0.2, -0.15) is 15.0 Å². The summed E-state index contributed by atoms with van der Waals surface area (Å²) in [6.45, 7) is 3.24. The first-order valence-corrected chi connectivity index (χ1v) is 7.24. The van der Waals surface area contributed by atoms with Gasteiger partial charge in [-0.3, -0.25) is 5.43 Å². The molecule has 7 nitrogen and oxygen atoms in total. The van der Waals surface area contributed by atoms with Crippen LogP contribution in [0.2, 0.25) is 0 Å². The van der Waals surface area contributed by atoms with Gasteiger partial charge in [0, 0.05) is 20.6 Å². The van der Waals surface area contributed by atoms with Gasteiger partial charge in [0.05, 0.1) is 0 Å². The van der Waals surface area contributed by atoms with Crippen molar-refractivity contribution in [1.82, 2.24) is 15.0 Å². The quantitative estimate of drug-likeness (QED) is 0.555. The Morgan fingerprint density at radius 2 is 1.85 bits per heavy atom. The maximum absolute atomic E-state index is 5.40. The van der Waals surface area contributed by atoms with Crippen LogP contribution in [0.1, 0.15) is 32.6 Å². The minimum Gasteiger partial charge on any atom is -0.354 e. The van der Waals surface area contributed by atoms with E-state index in [0.717, 1.165) is 12.5 Å². The number of nitrogen functional groups attached to an aromatic ring is 1. The number of nitrogens with one attached hydrogen (secondary N) is 2. The Balaban J connectivity index is 2.02. The lowest BCUT2D eigenvalue weighted by molar-refractivity contribution is 0.268. The van der Waals surface area contributed by atoms with E-state index in [9.17, 15) is 0 Å². The number of hydrogen-bond acceptors (Lipinski definition) is 7. The molecule has 0 spiro atoms. The second-order valence-corrected chi connectivity index (χ2v) is 5.72. The first-order valence-electron chi connectivity index (χ1n) is 7.24. The fraction of sp³-hybridized carbons (Fsp3) is 0.769. The molecule has 20 heavy (non-hydrogen) atoms. The fourth-order valence-electron chi connectivity index (χ4n) is 2.63. The molecule has 2 rings (SSSR count). The largest absolute Gasteiger partial charge is 0.354 e. The molecule has 1 aliphatic carbocycles. The standard InChI is InChI=1S/C13H25N7/c1-9-6-4-5-7-10(9)8-15-11-16-12(19-14)18-13(17-11)20(2)3/h9-10H,4-8,14H2,1-3H3,(H2,15,16,17,18,19). The van der Waals surface area contributed by atoms with E-state index in [1.54, 1.807) is 0 Å². The zero-order valence-corrected chi connectivity index (χ0v) is 12.6. The molecule has 1 saturated carbocycles. The summed E-state index contributed by atoms with van der Waals surface area (Å²) in [6, 6.07) is 0. The first-order chi connectivity index (χ1) is 9.60. The van der Waals surface area contributed by atoms with Crippen LogP contribution in [0.5, 0.6) is 0 Å². The van der Waals surface area contributed by atoms with E-state index in [2.05, 4.69) is 32.6 Å². The van der Waals surface area contributed by atoms with Crippen molar-refractivity contribution in [2.45, 2.75) is 32.6 Å². The van der Waals surface area contributed by atoms with Crippen LogP contribution in [0, 0.1) is 11.8 Å². The van der Waals surface area contributed by atoms with Crippen molar-refractivity contribution in [1.29, 1.82) is 0 Å². The van der Waals surface area contributed by atoms with Crippen LogP contribution >= 0.6 is 0 Å². The first kappa shape index (κ1) is 14.8. The number of nitrogens with zero attached hydrogens (tertiary/aromatic N) is 4. The minimum atomic E-state index is 0.378. The summed E-state index contributed by atoms with van der Waals surface area (Å²) in [5.41, 5.74) is 2.48. The molecule has 1 aromatic heterocycles.